The van der Waals surface area contributed by atoms with Crippen molar-refractivity contribution in [1.82, 2.24) is 4.98 Å². The Bertz CT molecular complexity index is 516. The average Bonchev–Trinajstić information content (AvgIpc) is 2.25. The van der Waals surface area contributed by atoms with Gasteiger partial charge < -0.3 is 5.32 Å². The van der Waals surface area contributed by atoms with Crippen LogP contribution in [0.3, 0.4) is 0 Å². The number of hydrogen-bond acceptors (Lipinski definition) is 2. The van der Waals surface area contributed by atoms with Crippen LogP contribution >= 0.6 is 50.1 Å². The standard InChI is InChI=1S/C11H6BrClFIN2/c12-6-3-8(13)11(16-5-6)17-10-2-1-7(14)4-9(10)15/h1-5H,(H,16,17). The van der Waals surface area contributed by atoms with Crippen molar-refractivity contribution in [2.75, 3.05) is 5.32 Å². The third-order valence-electron chi connectivity index (χ3n) is 1.99. The monoisotopic (exact) mass is 426 g/mol. The van der Waals surface area contributed by atoms with Crippen LogP contribution in [0.2, 0.25) is 5.02 Å². The zero-order valence-corrected chi connectivity index (χ0v) is 12.8. The van der Waals surface area contributed by atoms with E-state index in [9.17, 15) is 4.39 Å². The van der Waals surface area contributed by atoms with Gasteiger partial charge in [-0.1, -0.05) is 11.6 Å². The fourth-order valence-electron chi connectivity index (χ4n) is 1.22. The van der Waals surface area contributed by atoms with E-state index in [4.69, 9.17) is 11.6 Å². The van der Waals surface area contributed by atoms with Crippen LogP contribution in [0.4, 0.5) is 15.9 Å². The van der Waals surface area contributed by atoms with Gasteiger partial charge in [0, 0.05) is 14.2 Å². The topological polar surface area (TPSA) is 24.9 Å². The molecule has 0 aliphatic rings. The van der Waals surface area contributed by atoms with Crippen LogP contribution in [0.25, 0.3) is 0 Å². The van der Waals surface area contributed by atoms with Crippen molar-refractivity contribution >= 4 is 61.6 Å². The van der Waals surface area contributed by atoms with E-state index in [-0.39, 0.29) is 5.82 Å². The SMILES string of the molecule is Fc1ccc(Nc2ncc(Br)cc2Cl)c(I)c1. The molecule has 0 fully saturated rings. The molecule has 0 aliphatic carbocycles. The smallest absolute Gasteiger partial charge is 0.149 e. The van der Waals surface area contributed by atoms with Crippen molar-refractivity contribution in [3.05, 3.63) is 49.3 Å². The van der Waals surface area contributed by atoms with Crippen LogP contribution in [0.15, 0.2) is 34.9 Å². The molecule has 0 spiro atoms. The number of pyridine rings is 1. The lowest BCUT2D eigenvalue weighted by Crippen LogP contribution is -1.96. The van der Waals surface area contributed by atoms with Gasteiger partial charge in [0.1, 0.15) is 11.6 Å². The third-order valence-corrected chi connectivity index (χ3v) is 3.61. The molecule has 1 heterocycles. The molecule has 0 aliphatic heterocycles. The molecule has 0 unspecified atom stereocenters. The Hall–Kier alpha value is -0.400. The highest BCUT2D eigenvalue weighted by atomic mass is 127. The van der Waals surface area contributed by atoms with E-state index in [0.29, 0.717) is 10.8 Å². The van der Waals surface area contributed by atoms with E-state index in [2.05, 4.69) is 26.2 Å². The number of benzene rings is 1. The number of anilines is 2. The van der Waals surface area contributed by atoms with E-state index in [1.54, 1.807) is 18.3 Å². The normalized spacial score (nSPS) is 10.4. The van der Waals surface area contributed by atoms with Gasteiger partial charge in [-0.15, -0.1) is 0 Å². The second-order valence-electron chi connectivity index (χ2n) is 3.23. The van der Waals surface area contributed by atoms with Crippen molar-refractivity contribution in [2.45, 2.75) is 0 Å². The molecule has 1 N–H and O–H groups in total. The van der Waals surface area contributed by atoms with Crippen molar-refractivity contribution in [1.29, 1.82) is 0 Å². The Morgan fingerprint density at radius 1 is 1.35 bits per heavy atom. The summed E-state index contributed by atoms with van der Waals surface area (Å²) in [6, 6.07) is 6.22. The maximum atomic E-state index is 12.9. The first kappa shape index (κ1) is 13.0. The van der Waals surface area contributed by atoms with Gasteiger partial charge >= 0.3 is 0 Å². The van der Waals surface area contributed by atoms with Crippen LogP contribution in [-0.4, -0.2) is 4.98 Å². The van der Waals surface area contributed by atoms with E-state index >= 15 is 0 Å². The second-order valence-corrected chi connectivity index (χ2v) is 5.72. The molecule has 0 atom stereocenters. The van der Waals surface area contributed by atoms with E-state index in [0.717, 1.165) is 13.7 Å². The molecule has 0 bridgehead atoms. The van der Waals surface area contributed by atoms with Gasteiger partial charge in [-0.05, 0) is 62.8 Å². The first-order valence-corrected chi connectivity index (χ1v) is 6.84. The molecule has 6 heteroatoms. The molecule has 0 amide bonds. The number of aromatic nitrogens is 1. The van der Waals surface area contributed by atoms with Gasteiger partial charge in [-0.2, -0.15) is 0 Å². The molecule has 0 saturated heterocycles. The van der Waals surface area contributed by atoms with Crippen molar-refractivity contribution in [2.24, 2.45) is 0 Å². The van der Waals surface area contributed by atoms with Crippen LogP contribution in [0.5, 0.6) is 0 Å². The molecule has 0 radical (unpaired) electrons. The Balaban J connectivity index is 2.31. The summed E-state index contributed by atoms with van der Waals surface area (Å²) < 4.78 is 14.5. The van der Waals surface area contributed by atoms with Crippen LogP contribution in [-0.2, 0) is 0 Å². The van der Waals surface area contributed by atoms with Gasteiger partial charge in [-0.25, -0.2) is 9.37 Å². The summed E-state index contributed by atoms with van der Waals surface area (Å²) in [5.74, 6) is 0.272. The molecular weight excluding hydrogens is 421 g/mol. The quantitative estimate of drug-likeness (QED) is 0.684. The van der Waals surface area contributed by atoms with Crippen molar-refractivity contribution < 1.29 is 4.39 Å². The number of rotatable bonds is 2. The third kappa shape index (κ3) is 3.29. The Morgan fingerprint density at radius 3 is 2.76 bits per heavy atom. The first-order chi connectivity index (χ1) is 8.06. The van der Waals surface area contributed by atoms with Gasteiger partial charge in [0.2, 0.25) is 0 Å². The average molecular weight is 427 g/mol. The zero-order chi connectivity index (χ0) is 12.4. The van der Waals surface area contributed by atoms with Crippen molar-refractivity contribution in [3.8, 4) is 0 Å². The largest absolute Gasteiger partial charge is 0.338 e. The Kier molecular flexibility index (Phi) is 4.22. The van der Waals surface area contributed by atoms with E-state index < -0.39 is 0 Å². The highest BCUT2D eigenvalue weighted by Crippen LogP contribution is 2.28. The van der Waals surface area contributed by atoms with Gasteiger partial charge in [0.15, 0.2) is 0 Å². The fraction of sp³-hybridized carbons (Fsp3) is 0. The Labute approximate surface area is 125 Å². The summed E-state index contributed by atoms with van der Waals surface area (Å²) in [5, 5.41) is 3.56. The minimum Gasteiger partial charge on any atom is -0.338 e. The number of nitrogens with zero attached hydrogens (tertiary/aromatic N) is 1. The molecule has 2 nitrogen and oxygen atoms in total. The minimum absolute atomic E-state index is 0.269. The predicted octanol–water partition coefficient (Wildman–Crippen LogP) is 4.98. The number of nitrogens with one attached hydrogen (secondary N) is 1. The predicted molar refractivity (Wildman–Crippen MR) is 79.3 cm³/mol. The first-order valence-electron chi connectivity index (χ1n) is 4.59. The van der Waals surface area contributed by atoms with Crippen LogP contribution < -0.4 is 5.32 Å². The van der Waals surface area contributed by atoms with Crippen LogP contribution in [0, 0.1) is 9.39 Å². The van der Waals surface area contributed by atoms with E-state index in [1.165, 1.54) is 12.1 Å². The lowest BCUT2D eigenvalue weighted by Gasteiger charge is -2.09. The van der Waals surface area contributed by atoms with Crippen molar-refractivity contribution in [3.63, 3.8) is 0 Å². The molecule has 1 aromatic heterocycles. The second kappa shape index (κ2) is 5.49. The van der Waals surface area contributed by atoms with Gasteiger partial charge in [-0.3, -0.25) is 0 Å². The zero-order valence-electron chi connectivity index (χ0n) is 8.35. The summed E-state index contributed by atoms with van der Waals surface area (Å²) in [4.78, 5) is 4.15. The van der Waals surface area contributed by atoms with Gasteiger partial charge in [0.25, 0.3) is 0 Å². The molecular formula is C11H6BrClFIN2. The number of hydrogen-bond donors (Lipinski definition) is 1. The highest BCUT2D eigenvalue weighted by Gasteiger charge is 2.06. The molecule has 17 heavy (non-hydrogen) atoms. The molecule has 2 rings (SSSR count). The Morgan fingerprint density at radius 2 is 2.12 bits per heavy atom. The van der Waals surface area contributed by atoms with E-state index in [1.807, 2.05) is 22.6 Å². The van der Waals surface area contributed by atoms with Crippen LogP contribution in [0.1, 0.15) is 0 Å². The maximum absolute atomic E-state index is 12.9. The molecule has 0 saturated carbocycles. The summed E-state index contributed by atoms with van der Waals surface area (Å²) in [6.45, 7) is 0. The summed E-state index contributed by atoms with van der Waals surface area (Å²) in [7, 11) is 0. The lowest BCUT2D eigenvalue weighted by molar-refractivity contribution is 0.627. The maximum Gasteiger partial charge on any atom is 0.149 e. The molecule has 88 valence electrons. The van der Waals surface area contributed by atoms with Gasteiger partial charge in [0.05, 0.1) is 10.7 Å². The minimum atomic E-state index is -0.269. The molecule has 1 aromatic carbocycles. The highest BCUT2D eigenvalue weighted by molar-refractivity contribution is 14.1. The summed E-state index contributed by atoms with van der Waals surface area (Å²) in [6.07, 6.45) is 1.64. The fourth-order valence-corrected chi connectivity index (χ4v) is 2.51. The summed E-state index contributed by atoms with van der Waals surface area (Å²) >= 11 is 11.4. The summed E-state index contributed by atoms with van der Waals surface area (Å²) in [5.41, 5.74) is 0.767. The lowest BCUT2D eigenvalue weighted by atomic mass is 10.3. The molecule has 2 aromatic rings. The number of halogens is 4.